The lowest BCUT2D eigenvalue weighted by Crippen LogP contribution is -1.94. The van der Waals surface area contributed by atoms with E-state index in [9.17, 15) is 0 Å². The standard InChI is InChI=1S/C17H17N5/c1-10-5-4-8-22-16(18)15(20-17(10)22)12-6-7-14-13(9-12)19-11(2)21(14)3/h4-9H,18H2,1-3H3. The van der Waals surface area contributed by atoms with E-state index in [1.807, 2.05) is 43.6 Å². The summed E-state index contributed by atoms with van der Waals surface area (Å²) >= 11 is 0. The lowest BCUT2D eigenvalue weighted by molar-refractivity contribution is 0.886. The van der Waals surface area contributed by atoms with Crippen molar-refractivity contribution in [3.8, 4) is 11.3 Å². The molecule has 110 valence electrons. The Labute approximate surface area is 128 Å². The van der Waals surface area contributed by atoms with E-state index in [4.69, 9.17) is 10.7 Å². The predicted octanol–water partition coefficient (Wildman–Crippen LogP) is 3.09. The van der Waals surface area contributed by atoms with Gasteiger partial charge in [0.15, 0.2) is 0 Å². The maximum absolute atomic E-state index is 6.29. The first-order valence-electron chi connectivity index (χ1n) is 7.23. The zero-order valence-electron chi connectivity index (χ0n) is 12.8. The molecule has 0 saturated carbocycles. The minimum atomic E-state index is 0.658. The van der Waals surface area contributed by atoms with Crippen LogP contribution >= 0.6 is 0 Å². The minimum Gasteiger partial charge on any atom is -0.383 e. The molecule has 0 aliphatic rings. The molecule has 5 heteroatoms. The molecule has 3 aromatic heterocycles. The predicted molar refractivity (Wildman–Crippen MR) is 88.8 cm³/mol. The molecule has 0 radical (unpaired) electrons. The number of nitrogen functional groups attached to an aromatic ring is 1. The number of hydrogen-bond acceptors (Lipinski definition) is 3. The number of fused-ring (bicyclic) bond motifs is 2. The summed E-state index contributed by atoms with van der Waals surface area (Å²) in [7, 11) is 2.02. The Bertz CT molecular complexity index is 1020. The first kappa shape index (κ1) is 12.9. The summed E-state index contributed by atoms with van der Waals surface area (Å²) in [5, 5.41) is 0. The molecule has 0 saturated heterocycles. The van der Waals surface area contributed by atoms with Crippen LogP contribution in [0.25, 0.3) is 27.9 Å². The summed E-state index contributed by atoms with van der Waals surface area (Å²) in [5.74, 6) is 1.65. The highest BCUT2D eigenvalue weighted by atomic mass is 15.1. The van der Waals surface area contributed by atoms with Crippen molar-refractivity contribution in [1.82, 2.24) is 18.9 Å². The van der Waals surface area contributed by atoms with Crippen LogP contribution in [0.15, 0.2) is 36.5 Å². The van der Waals surface area contributed by atoms with Crippen molar-refractivity contribution in [2.24, 2.45) is 7.05 Å². The van der Waals surface area contributed by atoms with Gasteiger partial charge in [0.05, 0.1) is 11.0 Å². The molecule has 22 heavy (non-hydrogen) atoms. The Hall–Kier alpha value is -2.82. The van der Waals surface area contributed by atoms with Crippen molar-refractivity contribution >= 4 is 22.5 Å². The highest BCUT2D eigenvalue weighted by Crippen LogP contribution is 2.29. The summed E-state index contributed by atoms with van der Waals surface area (Å²) in [6, 6.07) is 10.2. The average Bonchev–Trinajstić information content (AvgIpc) is 2.99. The zero-order valence-corrected chi connectivity index (χ0v) is 12.8. The lowest BCUT2D eigenvalue weighted by Gasteiger charge is -2.01. The molecular weight excluding hydrogens is 274 g/mol. The van der Waals surface area contributed by atoms with Gasteiger partial charge in [-0.1, -0.05) is 12.1 Å². The van der Waals surface area contributed by atoms with Crippen molar-refractivity contribution in [3.05, 3.63) is 47.9 Å². The van der Waals surface area contributed by atoms with Crippen LogP contribution in [-0.2, 0) is 7.05 Å². The van der Waals surface area contributed by atoms with Gasteiger partial charge < -0.3 is 10.3 Å². The third-order valence-electron chi connectivity index (χ3n) is 4.26. The molecule has 3 heterocycles. The van der Waals surface area contributed by atoms with Crippen LogP contribution in [0, 0.1) is 13.8 Å². The summed E-state index contributed by atoms with van der Waals surface area (Å²) in [6.07, 6.45) is 1.94. The molecule has 4 rings (SSSR count). The number of aromatic nitrogens is 4. The summed E-state index contributed by atoms with van der Waals surface area (Å²) in [6.45, 7) is 4.04. The number of pyridine rings is 1. The van der Waals surface area contributed by atoms with Gasteiger partial charge in [0.2, 0.25) is 0 Å². The van der Waals surface area contributed by atoms with Crippen molar-refractivity contribution in [3.63, 3.8) is 0 Å². The first-order chi connectivity index (χ1) is 10.6. The van der Waals surface area contributed by atoms with Crippen molar-refractivity contribution in [1.29, 1.82) is 0 Å². The van der Waals surface area contributed by atoms with Gasteiger partial charge in [-0.15, -0.1) is 0 Å². The minimum absolute atomic E-state index is 0.658. The fourth-order valence-electron chi connectivity index (χ4n) is 2.90. The van der Waals surface area contributed by atoms with Crippen LogP contribution in [-0.4, -0.2) is 18.9 Å². The maximum atomic E-state index is 6.29. The molecule has 2 N–H and O–H groups in total. The van der Waals surface area contributed by atoms with E-state index in [2.05, 4.69) is 27.8 Å². The average molecular weight is 291 g/mol. The Morgan fingerprint density at radius 3 is 2.68 bits per heavy atom. The quantitative estimate of drug-likeness (QED) is 0.586. The van der Waals surface area contributed by atoms with E-state index >= 15 is 0 Å². The molecule has 0 bridgehead atoms. The van der Waals surface area contributed by atoms with Gasteiger partial charge in [-0.3, -0.25) is 4.40 Å². The van der Waals surface area contributed by atoms with Crippen LogP contribution in [0.5, 0.6) is 0 Å². The molecule has 5 nitrogen and oxygen atoms in total. The monoisotopic (exact) mass is 291 g/mol. The van der Waals surface area contributed by atoms with Gasteiger partial charge >= 0.3 is 0 Å². The van der Waals surface area contributed by atoms with E-state index in [0.29, 0.717) is 5.82 Å². The molecule has 0 spiro atoms. The number of rotatable bonds is 1. The van der Waals surface area contributed by atoms with Gasteiger partial charge in [0, 0.05) is 18.8 Å². The highest BCUT2D eigenvalue weighted by molar-refractivity contribution is 5.85. The van der Waals surface area contributed by atoms with Crippen LogP contribution in [0.4, 0.5) is 5.82 Å². The topological polar surface area (TPSA) is 61.1 Å². The first-order valence-corrected chi connectivity index (χ1v) is 7.23. The number of imidazole rings is 2. The van der Waals surface area contributed by atoms with Gasteiger partial charge in [0.1, 0.15) is 23.0 Å². The fraction of sp³-hybridized carbons (Fsp3) is 0.176. The third kappa shape index (κ3) is 1.65. The molecule has 0 aliphatic heterocycles. The van der Waals surface area contributed by atoms with E-state index in [0.717, 1.165) is 39.3 Å². The van der Waals surface area contributed by atoms with Gasteiger partial charge in [-0.05, 0) is 37.6 Å². The molecule has 0 fully saturated rings. The van der Waals surface area contributed by atoms with Gasteiger partial charge in [-0.2, -0.15) is 0 Å². The second-order valence-corrected chi connectivity index (χ2v) is 5.65. The highest BCUT2D eigenvalue weighted by Gasteiger charge is 2.14. The second kappa shape index (κ2) is 4.34. The number of nitrogens with two attached hydrogens (primary N) is 1. The molecule has 0 unspecified atom stereocenters. The number of hydrogen-bond donors (Lipinski definition) is 1. The van der Waals surface area contributed by atoms with Crippen molar-refractivity contribution < 1.29 is 0 Å². The van der Waals surface area contributed by atoms with Crippen LogP contribution < -0.4 is 5.73 Å². The van der Waals surface area contributed by atoms with E-state index in [1.54, 1.807) is 0 Å². The van der Waals surface area contributed by atoms with Gasteiger partial charge in [-0.25, -0.2) is 9.97 Å². The maximum Gasteiger partial charge on any atom is 0.142 e. The lowest BCUT2D eigenvalue weighted by atomic mass is 10.1. The Kier molecular flexibility index (Phi) is 2.54. The summed E-state index contributed by atoms with van der Waals surface area (Å²) < 4.78 is 4.01. The zero-order chi connectivity index (χ0) is 15.4. The largest absolute Gasteiger partial charge is 0.383 e. The molecular formula is C17H17N5. The second-order valence-electron chi connectivity index (χ2n) is 5.65. The number of aryl methyl sites for hydroxylation is 3. The number of anilines is 1. The molecule has 0 atom stereocenters. The summed E-state index contributed by atoms with van der Waals surface area (Å²) in [5.41, 5.74) is 12.2. The molecule has 4 aromatic rings. The number of benzene rings is 1. The van der Waals surface area contributed by atoms with Crippen molar-refractivity contribution in [2.45, 2.75) is 13.8 Å². The third-order valence-corrected chi connectivity index (χ3v) is 4.26. The SMILES string of the molecule is Cc1cccn2c(N)c(-c3ccc4c(c3)nc(C)n4C)nc12. The summed E-state index contributed by atoms with van der Waals surface area (Å²) in [4.78, 5) is 9.31. The van der Waals surface area contributed by atoms with Crippen LogP contribution in [0.2, 0.25) is 0 Å². The van der Waals surface area contributed by atoms with Gasteiger partial charge in [0.25, 0.3) is 0 Å². The normalized spacial score (nSPS) is 11.6. The van der Waals surface area contributed by atoms with E-state index < -0.39 is 0 Å². The molecule has 1 aromatic carbocycles. The smallest absolute Gasteiger partial charge is 0.142 e. The van der Waals surface area contributed by atoms with E-state index in [1.165, 1.54) is 0 Å². The van der Waals surface area contributed by atoms with Crippen molar-refractivity contribution in [2.75, 3.05) is 5.73 Å². The Balaban J connectivity index is 1.98. The molecule has 0 amide bonds. The number of nitrogens with zero attached hydrogens (tertiary/aromatic N) is 4. The Morgan fingerprint density at radius 2 is 1.91 bits per heavy atom. The van der Waals surface area contributed by atoms with Crippen LogP contribution in [0.1, 0.15) is 11.4 Å². The van der Waals surface area contributed by atoms with E-state index in [-0.39, 0.29) is 0 Å². The van der Waals surface area contributed by atoms with Crippen LogP contribution in [0.3, 0.4) is 0 Å². The Morgan fingerprint density at radius 1 is 1.09 bits per heavy atom. The fourth-order valence-corrected chi connectivity index (χ4v) is 2.90. The molecule has 0 aliphatic carbocycles.